The Morgan fingerprint density at radius 3 is 2.33 bits per heavy atom. The number of nitrogens with zero attached hydrogens (tertiary/aromatic N) is 1. The van der Waals surface area contributed by atoms with Crippen LogP contribution in [-0.2, 0) is 17.5 Å². The van der Waals surface area contributed by atoms with Gasteiger partial charge >= 0.3 is 6.18 Å². The molecule has 1 fully saturated rings. The van der Waals surface area contributed by atoms with Gasteiger partial charge in [0.2, 0.25) is 11.8 Å². The van der Waals surface area contributed by atoms with E-state index in [1.807, 2.05) is 0 Å². The molecule has 2 amide bonds. The number of carbonyl (C=O) groups excluding carboxylic acids is 2. The quantitative estimate of drug-likeness (QED) is 0.507. The molecule has 0 spiro atoms. The minimum atomic E-state index is -4.47. The maximum atomic E-state index is 13.7. The van der Waals surface area contributed by atoms with E-state index in [4.69, 9.17) is 5.73 Å². The topological polar surface area (TPSA) is 75.4 Å². The Morgan fingerprint density at radius 2 is 1.73 bits per heavy atom. The van der Waals surface area contributed by atoms with Gasteiger partial charge in [0.05, 0.1) is 11.1 Å². The van der Waals surface area contributed by atoms with Gasteiger partial charge in [-0.3, -0.25) is 9.59 Å². The van der Waals surface area contributed by atoms with Crippen molar-refractivity contribution in [2.75, 3.05) is 5.73 Å². The van der Waals surface area contributed by atoms with Crippen LogP contribution in [0.25, 0.3) is 0 Å². The van der Waals surface area contributed by atoms with E-state index in [-0.39, 0.29) is 43.5 Å². The lowest BCUT2D eigenvalue weighted by molar-refractivity contribution is -0.137. The molecule has 0 radical (unpaired) electrons. The fourth-order valence-electron chi connectivity index (χ4n) is 4.50. The van der Waals surface area contributed by atoms with E-state index in [1.165, 1.54) is 23.1 Å². The second kappa shape index (κ2) is 8.31. The van der Waals surface area contributed by atoms with Crippen LogP contribution in [0, 0.1) is 0 Å². The van der Waals surface area contributed by atoms with Crippen LogP contribution in [-0.4, -0.2) is 28.7 Å². The first-order chi connectivity index (χ1) is 15.5. The van der Waals surface area contributed by atoms with Crippen molar-refractivity contribution in [2.45, 2.75) is 56.4 Å². The Hall–Kier alpha value is -3.17. The second-order valence-corrected chi connectivity index (χ2v) is 8.43. The number of hydrogen-bond donors (Lipinski definition) is 2. The van der Waals surface area contributed by atoms with Crippen molar-refractivity contribution in [3.8, 4) is 0 Å². The first-order valence-corrected chi connectivity index (χ1v) is 10.5. The number of carbonyl (C=O) groups is 2. The van der Waals surface area contributed by atoms with Crippen molar-refractivity contribution < 1.29 is 31.5 Å². The number of amides is 2. The van der Waals surface area contributed by atoms with Crippen LogP contribution >= 0.6 is 0 Å². The molecule has 1 aliphatic carbocycles. The highest BCUT2D eigenvalue weighted by atomic mass is 19.4. The lowest BCUT2D eigenvalue weighted by atomic mass is 9.90. The summed E-state index contributed by atoms with van der Waals surface area (Å²) < 4.78 is 65.6. The smallest absolute Gasteiger partial charge is 0.398 e. The number of nitrogens with one attached hydrogen (secondary N) is 1. The van der Waals surface area contributed by atoms with Crippen LogP contribution in [0.1, 0.15) is 58.8 Å². The van der Waals surface area contributed by atoms with Crippen LogP contribution in [0.5, 0.6) is 0 Å². The van der Waals surface area contributed by atoms with E-state index in [0.29, 0.717) is 11.1 Å². The molecule has 5 nitrogen and oxygen atoms in total. The average molecular weight is 467 g/mol. The molecule has 33 heavy (non-hydrogen) atoms. The van der Waals surface area contributed by atoms with Crippen molar-refractivity contribution in [1.82, 2.24) is 10.2 Å². The normalized spacial score (nSPS) is 20.6. The van der Waals surface area contributed by atoms with E-state index in [1.54, 1.807) is 12.1 Å². The summed E-state index contributed by atoms with van der Waals surface area (Å²) in [5.41, 5.74) is 6.39. The first kappa shape index (κ1) is 23.0. The van der Waals surface area contributed by atoms with Crippen molar-refractivity contribution in [1.29, 1.82) is 0 Å². The highest BCUT2D eigenvalue weighted by molar-refractivity contribution is 6.08. The second-order valence-electron chi connectivity index (χ2n) is 8.43. The van der Waals surface area contributed by atoms with Crippen molar-refractivity contribution in [3.63, 3.8) is 0 Å². The molecular weight excluding hydrogens is 445 g/mol. The number of hydrogen-bond acceptors (Lipinski definition) is 3. The summed E-state index contributed by atoms with van der Waals surface area (Å²) in [5.74, 6) is -3.83. The maximum absolute atomic E-state index is 13.7. The lowest BCUT2D eigenvalue weighted by Crippen LogP contribution is -2.47. The van der Waals surface area contributed by atoms with Gasteiger partial charge in [-0.25, -0.2) is 8.78 Å². The van der Waals surface area contributed by atoms with E-state index in [0.717, 1.165) is 12.1 Å². The molecule has 0 saturated heterocycles. The number of rotatable bonds is 4. The zero-order valence-electron chi connectivity index (χ0n) is 17.5. The summed E-state index contributed by atoms with van der Waals surface area (Å²) in [5, 5.41) is 2.66. The van der Waals surface area contributed by atoms with Gasteiger partial charge < -0.3 is 16.0 Å². The highest BCUT2D eigenvalue weighted by Crippen LogP contribution is 2.43. The Balaban J connectivity index is 1.56. The molecule has 4 rings (SSSR count). The van der Waals surface area contributed by atoms with Crippen LogP contribution in [0.3, 0.4) is 0 Å². The van der Waals surface area contributed by atoms with Gasteiger partial charge in [0.25, 0.3) is 5.91 Å². The summed E-state index contributed by atoms with van der Waals surface area (Å²) in [6.07, 6.45) is -5.13. The van der Waals surface area contributed by atoms with Gasteiger partial charge in [-0.05, 0) is 42.2 Å². The molecule has 0 bridgehead atoms. The maximum Gasteiger partial charge on any atom is 0.416 e. The molecule has 2 aromatic rings. The van der Waals surface area contributed by atoms with E-state index < -0.39 is 41.6 Å². The first-order valence-electron chi connectivity index (χ1n) is 10.5. The van der Waals surface area contributed by atoms with Gasteiger partial charge in [-0.15, -0.1) is 0 Å². The average Bonchev–Trinajstić information content (AvgIpc) is 3.05. The van der Waals surface area contributed by atoms with E-state index >= 15 is 0 Å². The van der Waals surface area contributed by atoms with Crippen LogP contribution in [0.15, 0.2) is 42.5 Å². The van der Waals surface area contributed by atoms with Crippen molar-refractivity contribution in [2.24, 2.45) is 0 Å². The number of anilines is 1. The number of alkyl halides is 5. The summed E-state index contributed by atoms with van der Waals surface area (Å²) >= 11 is 0. The van der Waals surface area contributed by atoms with E-state index in [9.17, 15) is 31.5 Å². The van der Waals surface area contributed by atoms with Gasteiger partial charge in [0.15, 0.2) is 0 Å². The summed E-state index contributed by atoms with van der Waals surface area (Å²) in [6, 6.07) is 7.50. The van der Waals surface area contributed by atoms with Gasteiger partial charge in [-0.1, -0.05) is 24.3 Å². The largest absolute Gasteiger partial charge is 0.416 e. The molecule has 3 N–H and O–H groups in total. The molecular formula is C23H22F5N3O2. The van der Waals surface area contributed by atoms with Crippen molar-refractivity contribution in [3.05, 3.63) is 64.7 Å². The Kier molecular flexibility index (Phi) is 5.79. The molecule has 1 heterocycles. The summed E-state index contributed by atoms with van der Waals surface area (Å²) in [7, 11) is 0. The predicted molar refractivity (Wildman–Crippen MR) is 110 cm³/mol. The number of fused-ring (bicyclic) bond motifs is 1. The van der Waals surface area contributed by atoms with Gasteiger partial charge in [0, 0.05) is 31.1 Å². The van der Waals surface area contributed by atoms with Crippen LogP contribution < -0.4 is 11.1 Å². The lowest BCUT2D eigenvalue weighted by Gasteiger charge is -2.37. The molecule has 1 aliphatic heterocycles. The fraction of sp³-hybridized carbons (Fsp3) is 0.391. The third-order valence-corrected chi connectivity index (χ3v) is 6.23. The summed E-state index contributed by atoms with van der Waals surface area (Å²) in [6.45, 7) is -0.0596. The molecule has 1 atom stereocenters. The molecule has 176 valence electrons. The molecule has 10 heteroatoms. The Morgan fingerprint density at radius 1 is 1.09 bits per heavy atom. The molecule has 2 aliphatic rings. The van der Waals surface area contributed by atoms with Crippen LogP contribution in [0.4, 0.5) is 27.6 Å². The molecule has 2 aromatic carbocycles. The van der Waals surface area contributed by atoms with Crippen LogP contribution in [0.2, 0.25) is 0 Å². The SMILES string of the molecule is Nc1cccc2c1C(=O)N(C1CCC(F)(F)CC1)C2C(=O)NCc1ccc(C(F)(F)F)cc1. The van der Waals surface area contributed by atoms with E-state index in [2.05, 4.69) is 5.32 Å². The molecule has 1 saturated carbocycles. The molecule has 0 aromatic heterocycles. The number of halogens is 5. The zero-order chi connectivity index (χ0) is 24.0. The number of nitrogen functional groups attached to an aromatic ring is 1. The fourth-order valence-corrected chi connectivity index (χ4v) is 4.50. The van der Waals surface area contributed by atoms with Crippen molar-refractivity contribution >= 4 is 17.5 Å². The Labute approximate surface area is 186 Å². The third kappa shape index (κ3) is 4.51. The third-order valence-electron chi connectivity index (χ3n) is 6.23. The van der Waals surface area contributed by atoms with Gasteiger partial charge in [0.1, 0.15) is 6.04 Å². The summed E-state index contributed by atoms with van der Waals surface area (Å²) in [4.78, 5) is 27.7. The predicted octanol–water partition coefficient (Wildman–Crippen LogP) is 4.68. The number of nitrogens with two attached hydrogens (primary N) is 1. The Bertz CT molecular complexity index is 1060. The monoisotopic (exact) mass is 467 g/mol. The number of benzene rings is 2. The molecule has 1 unspecified atom stereocenters. The minimum Gasteiger partial charge on any atom is -0.398 e. The minimum absolute atomic E-state index is 0.0509. The van der Waals surface area contributed by atoms with Gasteiger partial charge in [-0.2, -0.15) is 13.2 Å². The standard InChI is InChI=1S/C23H22F5N3O2/c24-22(25)10-8-15(9-11-22)31-19(16-2-1-3-17(29)18(16)21(31)33)20(32)30-12-13-4-6-14(7-5-13)23(26,27)28/h1-7,15,19H,8-12,29H2,(H,30,32). The zero-order valence-corrected chi connectivity index (χ0v) is 17.5. The highest BCUT2D eigenvalue weighted by Gasteiger charge is 2.48.